The van der Waals surface area contributed by atoms with Gasteiger partial charge in [0.15, 0.2) is 24.6 Å². The van der Waals surface area contributed by atoms with Crippen molar-refractivity contribution < 1.29 is 89.7 Å². The molecule has 9 atom stereocenters. The Morgan fingerprint density at radius 1 is 0.600 bits per heavy atom. The lowest BCUT2D eigenvalue weighted by Gasteiger charge is -2.42. The van der Waals surface area contributed by atoms with Gasteiger partial charge in [-0.3, -0.25) is 19.2 Å². The Morgan fingerprint density at radius 3 is 1.35 bits per heavy atom. The third kappa shape index (κ3) is 14.1. The zero-order valence-corrected chi connectivity index (χ0v) is 20.8. The molecule has 1 heterocycles. The largest absolute Gasteiger partial charge is 0.600 e. The van der Waals surface area contributed by atoms with Crippen LogP contribution in [0.25, 0.3) is 0 Å². The summed E-state index contributed by atoms with van der Waals surface area (Å²) in [5, 5.41) is 83.2. The summed E-state index contributed by atoms with van der Waals surface area (Å²) in [5.41, 5.74) is 0. The Bertz CT molecular complexity index is 814. The summed E-state index contributed by atoms with van der Waals surface area (Å²) < 4.78 is 25.5. The summed E-state index contributed by atoms with van der Waals surface area (Å²) in [4.78, 5) is 48.8. The van der Waals surface area contributed by atoms with Gasteiger partial charge in [-0.25, -0.2) is 41.7 Å². The maximum atomic E-state index is 12.4. The zero-order valence-electron chi connectivity index (χ0n) is 20.8. The van der Waals surface area contributed by atoms with E-state index in [2.05, 4.69) is 0 Å². The quantitative estimate of drug-likeness (QED) is 0.0430. The smallest absolute Gasteiger partial charge is 0.312 e. The fourth-order valence-electron chi connectivity index (χ4n) is 3.15. The van der Waals surface area contributed by atoms with Gasteiger partial charge in [-0.05, 0) is 0 Å². The van der Waals surface area contributed by atoms with Gasteiger partial charge < -0.3 is 49.6 Å². The van der Waals surface area contributed by atoms with Crippen LogP contribution in [0, 0.1) is 20.8 Å². The van der Waals surface area contributed by atoms with Gasteiger partial charge in [0.25, 0.3) is 0 Å². The molecule has 0 bridgehead atoms. The molecule has 1 saturated heterocycles. The van der Waals surface area contributed by atoms with Gasteiger partial charge in [-0.1, -0.05) is 0 Å². The van der Waals surface area contributed by atoms with Crippen LogP contribution in [-0.4, -0.2) is 113 Å². The molecule has 0 saturated carbocycles. The SMILES string of the molecule is O=C(CC[NH+]([O-])O)OC[C@H]1O[C@H](O)[C@H](OC(=O)CC[NH+]([O-])O)[C@@H](OC(=O)CC[NH+]([O-])O)[C@@H]1OC(=O)CC[NH+]([O-])O. The van der Waals surface area contributed by atoms with Crippen molar-refractivity contribution in [3.05, 3.63) is 20.8 Å². The van der Waals surface area contributed by atoms with Crippen molar-refractivity contribution in [3.63, 3.8) is 0 Å². The molecule has 1 aliphatic rings. The summed E-state index contributed by atoms with van der Waals surface area (Å²) >= 11 is 0. The van der Waals surface area contributed by atoms with Crippen molar-refractivity contribution in [1.29, 1.82) is 0 Å². The monoisotopic (exact) mass is 592 g/mol. The van der Waals surface area contributed by atoms with E-state index in [0.29, 0.717) is 0 Å². The number of carbonyl (C=O) groups excluding carboxylic acids is 4. The van der Waals surface area contributed by atoms with Crippen LogP contribution in [0.5, 0.6) is 0 Å². The Balaban J connectivity index is 3.24. The van der Waals surface area contributed by atoms with Crippen LogP contribution in [-0.2, 0) is 42.9 Å². The minimum atomic E-state index is -2.15. The summed E-state index contributed by atoms with van der Waals surface area (Å²) in [7, 11) is 0. The molecule has 232 valence electrons. The number of nitrogens with one attached hydrogen (secondary N) is 4. The highest BCUT2D eigenvalue weighted by molar-refractivity contribution is 5.72. The standard InChI is InChI=1S/C18H32N4O18/c23-11(1-5-19(28)29)36-9-10-15(38-12(24)2-6-20(30)31)16(39-13(25)3-7-21(32)33)17(18(27)37-10)40-14(26)4-8-22(34)35/h10,15-22,27-28,30,32,34H,1-9H2/t10-,15-,16+,17-,18+/m1/s1. The lowest BCUT2D eigenvalue weighted by atomic mass is 9.98. The Kier molecular flexibility index (Phi) is 15.8. The molecule has 1 fully saturated rings. The predicted octanol–water partition coefficient (Wildman–Crippen LogP) is -8.37. The summed E-state index contributed by atoms with van der Waals surface area (Å²) in [6, 6.07) is 0. The topological polar surface area (TPSA) is 326 Å². The highest BCUT2D eigenvalue weighted by Crippen LogP contribution is 2.28. The molecule has 4 unspecified atom stereocenters. The van der Waals surface area contributed by atoms with Crippen LogP contribution in [0.15, 0.2) is 0 Å². The number of aliphatic hydroxyl groups excluding tert-OH is 1. The van der Waals surface area contributed by atoms with E-state index in [4.69, 9.17) is 44.5 Å². The summed E-state index contributed by atoms with van der Waals surface area (Å²) in [5.74, 6) is -4.68. The normalized spacial score (nSPS) is 25.7. The van der Waals surface area contributed by atoms with Crippen molar-refractivity contribution in [3.8, 4) is 0 Å². The van der Waals surface area contributed by atoms with E-state index in [-0.39, 0.29) is 0 Å². The summed E-state index contributed by atoms with van der Waals surface area (Å²) in [6.07, 6.45) is -12.3. The second kappa shape index (κ2) is 17.9. The second-order valence-electron chi connectivity index (χ2n) is 8.19. The van der Waals surface area contributed by atoms with Gasteiger partial charge in [0.1, 0.15) is 38.9 Å². The average Bonchev–Trinajstić information content (AvgIpc) is 2.86. The minimum absolute atomic E-state index is 0.578. The molecule has 0 aromatic rings. The molecule has 0 aromatic carbocycles. The first kappa shape index (κ1) is 35.3. The van der Waals surface area contributed by atoms with Crippen LogP contribution in [0.3, 0.4) is 0 Å². The van der Waals surface area contributed by atoms with Gasteiger partial charge in [0, 0.05) is 0 Å². The number of hydrogen-bond acceptors (Lipinski definition) is 18. The van der Waals surface area contributed by atoms with Gasteiger partial charge in [0.05, 0.1) is 25.7 Å². The third-order valence-electron chi connectivity index (χ3n) is 4.99. The number of rotatable bonds is 17. The Hall–Kier alpha value is -2.68. The molecule has 1 aliphatic heterocycles. The van der Waals surface area contributed by atoms with Gasteiger partial charge in [-0.2, -0.15) is 0 Å². The molecule has 0 aliphatic carbocycles. The molecule has 0 aromatic heterocycles. The van der Waals surface area contributed by atoms with Crippen LogP contribution in [0.1, 0.15) is 25.7 Å². The fourth-order valence-corrected chi connectivity index (χ4v) is 3.15. The van der Waals surface area contributed by atoms with Crippen molar-refractivity contribution in [2.75, 3.05) is 32.8 Å². The first-order chi connectivity index (χ1) is 18.7. The van der Waals surface area contributed by atoms with Crippen LogP contribution < -0.4 is 20.9 Å². The van der Waals surface area contributed by atoms with Crippen molar-refractivity contribution in [2.45, 2.75) is 56.4 Å². The van der Waals surface area contributed by atoms with E-state index in [0.717, 1.165) is 0 Å². The molecule has 0 radical (unpaired) electrons. The lowest BCUT2D eigenvalue weighted by molar-refractivity contribution is -1.05. The Labute approximate surface area is 224 Å². The lowest BCUT2D eigenvalue weighted by Crippen LogP contribution is -3.04. The fraction of sp³-hybridized carbons (Fsp3) is 0.778. The van der Waals surface area contributed by atoms with Crippen molar-refractivity contribution in [1.82, 2.24) is 0 Å². The number of quaternary nitrogens is 4. The highest BCUT2D eigenvalue weighted by atomic mass is 16.8. The van der Waals surface area contributed by atoms with E-state index in [1.807, 2.05) is 0 Å². The molecule has 9 N–H and O–H groups in total. The third-order valence-corrected chi connectivity index (χ3v) is 4.99. The minimum Gasteiger partial charge on any atom is -0.600 e. The molecule has 0 spiro atoms. The van der Waals surface area contributed by atoms with Gasteiger partial charge in [0.2, 0.25) is 0 Å². The van der Waals surface area contributed by atoms with Crippen LogP contribution in [0.2, 0.25) is 0 Å². The molecule has 22 nitrogen and oxygen atoms in total. The van der Waals surface area contributed by atoms with E-state index in [1.54, 1.807) is 0 Å². The Morgan fingerprint density at radius 2 is 0.950 bits per heavy atom. The highest BCUT2D eigenvalue weighted by Gasteiger charge is 2.52. The number of hydroxylamine groups is 8. The maximum absolute atomic E-state index is 12.4. The summed E-state index contributed by atoms with van der Waals surface area (Å²) in [6.45, 7) is -3.51. The zero-order chi connectivity index (χ0) is 30.4. The van der Waals surface area contributed by atoms with Crippen LogP contribution >= 0.6 is 0 Å². The number of ether oxygens (including phenoxy) is 5. The molecular weight excluding hydrogens is 560 g/mol. The molecule has 22 heteroatoms. The number of carbonyl (C=O) groups is 4. The predicted molar refractivity (Wildman–Crippen MR) is 114 cm³/mol. The first-order valence-corrected chi connectivity index (χ1v) is 11.6. The van der Waals surface area contributed by atoms with Gasteiger partial charge >= 0.3 is 23.9 Å². The second-order valence-corrected chi connectivity index (χ2v) is 8.19. The number of esters is 4. The number of hydrogen-bond donors (Lipinski definition) is 9. The first-order valence-electron chi connectivity index (χ1n) is 11.6. The van der Waals surface area contributed by atoms with Crippen molar-refractivity contribution >= 4 is 23.9 Å². The van der Waals surface area contributed by atoms with Gasteiger partial charge in [-0.15, -0.1) is 0 Å². The molecule has 0 amide bonds. The molecule has 40 heavy (non-hydrogen) atoms. The molecular formula is C18H32N4O18. The van der Waals surface area contributed by atoms with Crippen molar-refractivity contribution in [2.24, 2.45) is 0 Å². The average molecular weight is 592 g/mol. The van der Waals surface area contributed by atoms with E-state index >= 15 is 0 Å². The van der Waals surface area contributed by atoms with E-state index in [9.17, 15) is 45.1 Å². The van der Waals surface area contributed by atoms with Crippen LogP contribution in [0.4, 0.5) is 0 Å². The molecule has 1 rings (SSSR count). The maximum Gasteiger partial charge on any atom is 0.312 e. The van der Waals surface area contributed by atoms with E-state index in [1.165, 1.54) is 0 Å². The van der Waals surface area contributed by atoms with E-state index < -0.39 is 134 Å². The number of aliphatic hydroxyl groups is 1.